The lowest BCUT2D eigenvalue weighted by Crippen LogP contribution is -2.32. The molecule has 3 aromatic rings. The first kappa shape index (κ1) is 27.2. The highest BCUT2D eigenvalue weighted by Gasteiger charge is 2.24. The zero-order valence-electron chi connectivity index (χ0n) is 20.7. The van der Waals surface area contributed by atoms with Crippen molar-refractivity contribution in [3.63, 3.8) is 0 Å². The number of hydrogen-bond donors (Lipinski definition) is 1. The predicted molar refractivity (Wildman–Crippen MR) is 140 cm³/mol. The zero-order valence-corrected chi connectivity index (χ0v) is 21.5. The summed E-state index contributed by atoms with van der Waals surface area (Å²) >= 11 is 0. The van der Waals surface area contributed by atoms with E-state index in [-0.39, 0.29) is 18.8 Å². The number of ether oxygens (including phenoxy) is 2. The van der Waals surface area contributed by atoms with E-state index in [4.69, 9.17) is 9.47 Å². The van der Waals surface area contributed by atoms with E-state index >= 15 is 0 Å². The highest BCUT2D eigenvalue weighted by molar-refractivity contribution is 7.89. The van der Waals surface area contributed by atoms with Gasteiger partial charge in [0.05, 0.1) is 25.9 Å². The minimum atomic E-state index is -3.61. The summed E-state index contributed by atoms with van der Waals surface area (Å²) in [6, 6.07) is 23.7. The SMILES string of the molecule is COc1ccc(CN(Cc2ccc(OC)cc2)S(=O)(=O)CCCCC(C(=O)O)c2ccccc2)cc1. The van der Waals surface area contributed by atoms with Gasteiger partial charge in [0.2, 0.25) is 10.0 Å². The normalized spacial score (nSPS) is 12.3. The van der Waals surface area contributed by atoms with Crippen LogP contribution in [0.2, 0.25) is 0 Å². The fourth-order valence-corrected chi connectivity index (χ4v) is 5.52. The lowest BCUT2D eigenvalue weighted by atomic mass is 9.94. The summed E-state index contributed by atoms with van der Waals surface area (Å²) in [5.74, 6) is -0.196. The van der Waals surface area contributed by atoms with Crippen LogP contribution in [0.25, 0.3) is 0 Å². The number of carbonyl (C=O) groups is 1. The van der Waals surface area contributed by atoms with E-state index in [2.05, 4.69) is 0 Å². The van der Waals surface area contributed by atoms with Gasteiger partial charge in [-0.15, -0.1) is 0 Å². The molecule has 0 fully saturated rings. The summed E-state index contributed by atoms with van der Waals surface area (Å²) in [5.41, 5.74) is 2.43. The topological polar surface area (TPSA) is 93.1 Å². The van der Waals surface area contributed by atoms with Gasteiger partial charge in [-0.3, -0.25) is 4.79 Å². The summed E-state index contributed by atoms with van der Waals surface area (Å²) in [6.45, 7) is 0.445. The maximum Gasteiger partial charge on any atom is 0.310 e. The average molecular weight is 512 g/mol. The molecular weight excluding hydrogens is 478 g/mol. The summed E-state index contributed by atoms with van der Waals surface area (Å²) < 4.78 is 38.7. The molecular formula is C28H33NO6S. The van der Waals surface area contributed by atoms with Gasteiger partial charge >= 0.3 is 5.97 Å². The summed E-state index contributed by atoms with van der Waals surface area (Å²) in [5, 5.41) is 9.63. The molecule has 3 rings (SSSR count). The van der Waals surface area contributed by atoms with Crippen LogP contribution in [-0.4, -0.2) is 43.8 Å². The molecule has 1 N–H and O–H groups in total. The van der Waals surface area contributed by atoms with Crippen molar-refractivity contribution in [3.05, 3.63) is 95.6 Å². The Balaban J connectivity index is 1.69. The molecule has 0 aliphatic rings. The fraction of sp³-hybridized carbons (Fsp3) is 0.321. The summed E-state index contributed by atoms with van der Waals surface area (Å²) in [6.07, 6.45) is 1.25. The third-order valence-electron chi connectivity index (χ3n) is 6.07. The third kappa shape index (κ3) is 7.83. The van der Waals surface area contributed by atoms with E-state index in [1.54, 1.807) is 26.4 Å². The standard InChI is InChI=1S/C28H33NO6S/c1-34-25-15-11-22(12-16-25)20-29(21-23-13-17-26(35-2)18-14-23)36(32,33)19-7-6-10-27(28(30)31)24-8-4-3-5-9-24/h3-5,8-9,11-18,27H,6-7,10,19-21H2,1-2H3,(H,30,31). The van der Waals surface area contributed by atoms with Crippen molar-refractivity contribution in [3.8, 4) is 11.5 Å². The van der Waals surface area contributed by atoms with Gasteiger partial charge in [0.15, 0.2) is 0 Å². The maximum absolute atomic E-state index is 13.4. The van der Waals surface area contributed by atoms with Gasteiger partial charge in [0.1, 0.15) is 11.5 Å². The lowest BCUT2D eigenvalue weighted by molar-refractivity contribution is -0.139. The fourth-order valence-electron chi connectivity index (χ4n) is 4.00. The number of aliphatic carboxylic acids is 1. The molecule has 0 saturated heterocycles. The summed E-state index contributed by atoms with van der Waals surface area (Å²) in [4.78, 5) is 11.8. The second-order valence-corrected chi connectivity index (χ2v) is 10.7. The smallest absolute Gasteiger partial charge is 0.310 e. The molecule has 0 saturated carbocycles. The minimum absolute atomic E-state index is 0.0551. The van der Waals surface area contributed by atoms with Crippen LogP contribution in [0, 0.1) is 0 Å². The van der Waals surface area contributed by atoms with Gasteiger partial charge in [-0.2, -0.15) is 4.31 Å². The molecule has 0 spiro atoms. The molecule has 3 aromatic carbocycles. The first-order valence-electron chi connectivity index (χ1n) is 11.8. The highest BCUT2D eigenvalue weighted by atomic mass is 32.2. The van der Waals surface area contributed by atoms with Gasteiger partial charge in [-0.25, -0.2) is 8.42 Å². The molecule has 192 valence electrons. The van der Waals surface area contributed by atoms with Gasteiger partial charge in [0.25, 0.3) is 0 Å². The molecule has 8 heteroatoms. The Labute approximate surface area is 213 Å². The van der Waals surface area contributed by atoms with Crippen LogP contribution in [0.4, 0.5) is 0 Å². The van der Waals surface area contributed by atoms with E-state index in [1.165, 1.54) is 4.31 Å². The number of sulfonamides is 1. The Bertz CT molecular complexity index is 1150. The number of hydrogen-bond acceptors (Lipinski definition) is 5. The molecule has 7 nitrogen and oxygen atoms in total. The molecule has 0 aromatic heterocycles. The molecule has 0 aliphatic carbocycles. The quantitative estimate of drug-likeness (QED) is 0.304. The van der Waals surface area contributed by atoms with Crippen LogP contribution >= 0.6 is 0 Å². The van der Waals surface area contributed by atoms with Crippen molar-refractivity contribution in [2.45, 2.75) is 38.3 Å². The molecule has 1 unspecified atom stereocenters. The van der Waals surface area contributed by atoms with Crippen molar-refractivity contribution in [1.29, 1.82) is 0 Å². The van der Waals surface area contributed by atoms with Crippen LogP contribution in [0.5, 0.6) is 11.5 Å². The van der Waals surface area contributed by atoms with Crippen LogP contribution in [0.1, 0.15) is 41.9 Å². The van der Waals surface area contributed by atoms with Gasteiger partial charge in [-0.05, 0) is 53.8 Å². The summed E-state index contributed by atoms with van der Waals surface area (Å²) in [7, 11) is -0.439. The average Bonchev–Trinajstić information content (AvgIpc) is 2.89. The zero-order chi connectivity index (χ0) is 26.0. The maximum atomic E-state index is 13.4. The highest BCUT2D eigenvalue weighted by Crippen LogP contribution is 2.24. The number of carboxylic acids is 1. The van der Waals surface area contributed by atoms with E-state index in [0.29, 0.717) is 30.8 Å². The van der Waals surface area contributed by atoms with Crippen molar-refractivity contribution in [1.82, 2.24) is 4.31 Å². The molecule has 1 atom stereocenters. The Morgan fingerprint density at radius 2 is 1.31 bits per heavy atom. The Morgan fingerprint density at radius 1 is 0.806 bits per heavy atom. The van der Waals surface area contributed by atoms with Gasteiger partial charge < -0.3 is 14.6 Å². The molecule has 36 heavy (non-hydrogen) atoms. The Hall–Kier alpha value is -3.36. The predicted octanol–water partition coefficient (Wildman–Crippen LogP) is 5.07. The largest absolute Gasteiger partial charge is 0.497 e. The second kappa shape index (κ2) is 13.1. The van der Waals surface area contributed by atoms with Crippen LogP contribution in [-0.2, 0) is 27.9 Å². The Morgan fingerprint density at radius 3 is 1.75 bits per heavy atom. The number of unbranched alkanes of at least 4 members (excludes halogenated alkanes) is 1. The van der Waals surface area contributed by atoms with Crippen molar-refractivity contribution in [2.24, 2.45) is 0 Å². The molecule has 0 radical (unpaired) electrons. The number of methoxy groups -OCH3 is 2. The van der Waals surface area contributed by atoms with Crippen LogP contribution in [0.3, 0.4) is 0 Å². The van der Waals surface area contributed by atoms with E-state index in [9.17, 15) is 18.3 Å². The number of benzene rings is 3. The number of carboxylic acid groups (broad SMARTS) is 1. The second-order valence-electron chi connectivity index (χ2n) is 8.58. The minimum Gasteiger partial charge on any atom is -0.497 e. The third-order valence-corrected chi connectivity index (χ3v) is 7.92. The first-order chi connectivity index (χ1) is 17.3. The van der Waals surface area contributed by atoms with Crippen LogP contribution in [0.15, 0.2) is 78.9 Å². The molecule has 0 aliphatic heterocycles. The van der Waals surface area contributed by atoms with Crippen molar-refractivity contribution < 1.29 is 27.8 Å². The Kier molecular flexibility index (Phi) is 9.90. The molecule has 0 bridgehead atoms. The van der Waals surface area contributed by atoms with Gasteiger partial charge in [-0.1, -0.05) is 61.0 Å². The molecule has 0 heterocycles. The number of nitrogens with zero attached hydrogens (tertiary/aromatic N) is 1. The van der Waals surface area contributed by atoms with E-state index < -0.39 is 21.9 Å². The lowest BCUT2D eigenvalue weighted by Gasteiger charge is -2.23. The van der Waals surface area contributed by atoms with Gasteiger partial charge in [0, 0.05) is 13.1 Å². The van der Waals surface area contributed by atoms with E-state index in [0.717, 1.165) is 16.7 Å². The van der Waals surface area contributed by atoms with E-state index in [1.807, 2.05) is 66.7 Å². The number of rotatable bonds is 14. The van der Waals surface area contributed by atoms with Crippen LogP contribution < -0.4 is 9.47 Å². The van der Waals surface area contributed by atoms with Crippen molar-refractivity contribution in [2.75, 3.05) is 20.0 Å². The van der Waals surface area contributed by atoms with Crippen molar-refractivity contribution >= 4 is 16.0 Å². The monoisotopic (exact) mass is 511 g/mol. The molecule has 0 amide bonds. The first-order valence-corrected chi connectivity index (χ1v) is 13.4.